The molecule has 0 amide bonds. The highest BCUT2D eigenvalue weighted by Gasteiger charge is 2.15. The summed E-state index contributed by atoms with van der Waals surface area (Å²) in [5.74, 6) is -0.624. The molecule has 0 N–H and O–H groups in total. The van der Waals surface area contributed by atoms with Crippen LogP contribution in [0.25, 0.3) is 0 Å². The fourth-order valence-electron chi connectivity index (χ4n) is 0.828. The van der Waals surface area contributed by atoms with Crippen LogP contribution in [0, 0.1) is 10.1 Å². The van der Waals surface area contributed by atoms with E-state index in [4.69, 9.17) is 4.74 Å². The number of rotatable bonds is 4. The number of ether oxygens (including phenoxy) is 2. The Kier molecular flexibility index (Phi) is 3.55. The first-order valence-electron chi connectivity index (χ1n) is 3.93. The number of carbonyl (C=O) groups is 1. The van der Waals surface area contributed by atoms with E-state index in [-0.39, 0.29) is 18.0 Å². The lowest BCUT2D eigenvalue weighted by atomic mass is 10.4. The number of esters is 1. The second kappa shape index (κ2) is 4.89. The van der Waals surface area contributed by atoms with Gasteiger partial charge in [0, 0.05) is 12.3 Å². The van der Waals surface area contributed by atoms with E-state index in [1.54, 1.807) is 0 Å². The number of hydrogen-bond donors (Lipinski definition) is 0. The predicted octanol–water partition coefficient (Wildman–Crippen LogP) is 0.542. The standard InChI is InChI=1S/C8H8N2O5/c1-14-8(11)5-15-7-2-3-9-4-6(7)10(12)13/h2-4H,5H2,1H3. The second-order valence-corrected chi connectivity index (χ2v) is 2.47. The van der Waals surface area contributed by atoms with Crippen LogP contribution in [0.1, 0.15) is 0 Å². The molecule has 1 aromatic rings. The van der Waals surface area contributed by atoms with E-state index >= 15 is 0 Å². The van der Waals surface area contributed by atoms with Crippen molar-refractivity contribution in [3.8, 4) is 5.75 Å². The Hall–Kier alpha value is -2.18. The van der Waals surface area contributed by atoms with E-state index in [2.05, 4.69) is 9.72 Å². The number of nitrogens with zero attached hydrogens (tertiary/aromatic N) is 2. The van der Waals surface area contributed by atoms with Gasteiger partial charge >= 0.3 is 11.7 Å². The lowest BCUT2D eigenvalue weighted by Crippen LogP contribution is -2.13. The number of pyridine rings is 1. The van der Waals surface area contributed by atoms with Gasteiger partial charge in [-0.25, -0.2) is 4.79 Å². The minimum Gasteiger partial charge on any atom is -0.475 e. The molecular formula is C8H8N2O5. The van der Waals surface area contributed by atoms with Crippen molar-refractivity contribution in [2.75, 3.05) is 13.7 Å². The fourth-order valence-corrected chi connectivity index (χ4v) is 0.828. The van der Waals surface area contributed by atoms with E-state index in [0.29, 0.717) is 0 Å². The monoisotopic (exact) mass is 212 g/mol. The minimum atomic E-state index is -0.639. The van der Waals surface area contributed by atoms with Crippen molar-refractivity contribution in [1.29, 1.82) is 0 Å². The van der Waals surface area contributed by atoms with Crippen LogP contribution >= 0.6 is 0 Å². The molecule has 0 spiro atoms. The lowest BCUT2D eigenvalue weighted by molar-refractivity contribution is -0.386. The van der Waals surface area contributed by atoms with E-state index < -0.39 is 10.9 Å². The highest BCUT2D eigenvalue weighted by molar-refractivity contribution is 5.71. The molecule has 1 rings (SSSR count). The highest BCUT2D eigenvalue weighted by atomic mass is 16.6. The largest absolute Gasteiger partial charge is 0.475 e. The Labute approximate surface area is 84.8 Å². The smallest absolute Gasteiger partial charge is 0.343 e. The van der Waals surface area contributed by atoms with Crippen molar-refractivity contribution < 1.29 is 19.2 Å². The first-order valence-corrected chi connectivity index (χ1v) is 3.93. The second-order valence-electron chi connectivity index (χ2n) is 2.47. The van der Waals surface area contributed by atoms with Gasteiger partial charge in [0.2, 0.25) is 5.75 Å². The van der Waals surface area contributed by atoms with Crippen LogP contribution in [0.4, 0.5) is 5.69 Å². The number of methoxy groups -OCH3 is 1. The predicted molar refractivity (Wildman–Crippen MR) is 48.4 cm³/mol. The van der Waals surface area contributed by atoms with Gasteiger partial charge in [0.25, 0.3) is 0 Å². The Morgan fingerprint density at radius 3 is 3.00 bits per heavy atom. The Balaban J connectivity index is 2.76. The molecule has 0 unspecified atom stereocenters. The summed E-state index contributed by atoms with van der Waals surface area (Å²) in [4.78, 5) is 24.2. The topological polar surface area (TPSA) is 91.6 Å². The summed E-state index contributed by atoms with van der Waals surface area (Å²) in [5.41, 5.74) is -0.290. The first-order chi connectivity index (χ1) is 7.15. The molecule has 80 valence electrons. The van der Waals surface area contributed by atoms with Crippen molar-refractivity contribution in [2.24, 2.45) is 0 Å². The normalized spacial score (nSPS) is 9.40. The molecular weight excluding hydrogens is 204 g/mol. The molecule has 0 fully saturated rings. The van der Waals surface area contributed by atoms with Gasteiger partial charge in [0.15, 0.2) is 6.61 Å². The van der Waals surface area contributed by atoms with Crippen LogP contribution in [0.15, 0.2) is 18.5 Å². The molecule has 0 aliphatic rings. The quantitative estimate of drug-likeness (QED) is 0.411. The van der Waals surface area contributed by atoms with Crippen LogP contribution in [0.2, 0.25) is 0 Å². The van der Waals surface area contributed by atoms with Gasteiger partial charge in [-0.3, -0.25) is 15.1 Å². The van der Waals surface area contributed by atoms with Crippen LogP contribution < -0.4 is 4.74 Å². The average Bonchev–Trinajstić information content (AvgIpc) is 2.26. The van der Waals surface area contributed by atoms with E-state index in [1.807, 2.05) is 0 Å². The average molecular weight is 212 g/mol. The zero-order chi connectivity index (χ0) is 11.3. The van der Waals surface area contributed by atoms with Crippen LogP contribution in [-0.4, -0.2) is 29.6 Å². The molecule has 0 bridgehead atoms. The summed E-state index contributed by atoms with van der Waals surface area (Å²) in [7, 11) is 1.20. The summed E-state index contributed by atoms with van der Waals surface area (Å²) in [6, 6.07) is 1.31. The van der Waals surface area contributed by atoms with E-state index in [1.165, 1.54) is 19.4 Å². The van der Waals surface area contributed by atoms with Crippen LogP contribution in [0.5, 0.6) is 5.75 Å². The van der Waals surface area contributed by atoms with Gasteiger partial charge in [-0.1, -0.05) is 0 Å². The zero-order valence-electron chi connectivity index (χ0n) is 7.87. The first kappa shape index (κ1) is 10.9. The Bertz CT molecular complexity index is 379. The van der Waals surface area contributed by atoms with E-state index in [9.17, 15) is 14.9 Å². The maximum absolute atomic E-state index is 10.7. The molecule has 0 atom stereocenters. The summed E-state index contributed by atoms with van der Waals surface area (Å²) in [6.07, 6.45) is 2.38. The summed E-state index contributed by atoms with van der Waals surface area (Å²) >= 11 is 0. The molecule has 0 aliphatic carbocycles. The molecule has 7 heteroatoms. The van der Waals surface area contributed by atoms with Crippen molar-refractivity contribution in [3.05, 3.63) is 28.6 Å². The third kappa shape index (κ3) is 2.90. The van der Waals surface area contributed by atoms with Gasteiger partial charge in [0.05, 0.1) is 12.0 Å². The van der Waals surface area contributed by atoms with Gasteiger partial charge in [0.1, 0.15) is 6.20 Å². The van der Waals surface area contributed by atoms with E-state index in [0.717, 1.165) is 6.20 Å². The van der Waals surface area contributed by atoms with Crippen molar-refractivity contribution >= 4 is 11.7 Å². The molecule has 0 aliphatic heterocycles. The molecule has 0 saturated heterocycles. The maximum Gasteiger partial charge on any atom is 0.343 e. The Morgan fingerprint density at radius 1 is 1.67 bits per heavy atom. The molecule has 15 heavy (non-hydrogen) atoms. The molecule has 0 radical (unpaired) electrons. The number of hydrogen-bond acceptors (Lipinski definition) is 6. The van der Waals surface area contributed by atoms with Crippen molar-refractivity contribution in [3.63, 3.8) is 0 Å². The molecule has 1 aromatic heterocycles. The third-order valence-corrected chi connectivity index (χ3v) is 1.53. The highest BCUT2D eigenvalue weighted by Crippen LogP contribution is 2.24. The SMILES string of the molecule is COC(=O)COc1ccncc1[N+](=O)[O-]. The zero-order valence-corrected chi connectivity index (χ0v) is 7.87. The third-order valence-electron chi connectivity index (χ3n) is 1.53. The minimum absolute atomic E-state index is 0.0135. The van der Waals surface area contributed by atoms with Crippen molar-refractivity contribution in [1.82, 2.24) is 4.98 Å². The van der Waals surface area contributed by atoms with Crippen molar-refractivity contribution in [2.45, 2.75) is 0 Å². The summed E-state index contributed by atoms with van der Waals surface area (Å²) < 4.78 is 9.22. The molecule has 7 nitrogen and oxygen atoms in total. The van der Waals surface area contributed by atoms with Crippen LogP contribution in [-0.2, 0) is 9.53 Å². The maximum atomic E-state index is 10.7. The summed E-state index contributed by atoms with van der Waals surface area (Å²) in [6.45, 7) is -0.374. The number of aromatic nitrogens is 1. The summed E-state index contributed by atoms with van der Waals surface area (Å²) in [5, 5.41) is 10.5. The lowest BCUT2D eigenvalue weighted by Gasteiger charge is -2.03. The van der Waals surface area contributed by atoms with Gasteiger partial charge in [-0.2, -0.15) is 0 Å². The van der Waals surface area contributed by atoms with Gasteiger partial charge < -0.3 is 9.47 Å². The molecule has 0 saturated carbocycles. The molecule has 1 heterocycles. The Morgan fingerprint density at radius 2 is 2.40 bits per heavy atom. The number of carbonyl (C=O) groups excluding carboxylic acids is 1. The fraction of sp³-hybridized carbons (Fsp3) is 0.250. The number of nitro groups is 1. The van der Waals surface area contributed by atoms with Gasteiger partial charge in [-0.05, 0) is 0 Å². The van der Waals surface area contributed by atoms with Crippen LogP contribution in [0.3, 0.4) is 0 Å². The molecule has 0 aromatic carbocycles. The van der Waals surface area contributed by atoms with Gasteiger partial charge in [-0.15, -0.1) is 0 Å².